The molecule has 4 N–H and O–H groups in total. The smallest absolute Gasteiger partial charge is 0.128 e. The van der Waals surface area contributed by atoms with E-state index in [0.717, 1.165) is 31.5 Å². The van der Waals surface area contributed by atoms with Gasteiger partial charge in [-0.2, -0.15) is 0 Å². The van der Waals surface area contributed by atoms with E-state index in [1.165, 1.54) is 0 Å². The van der Waals surface area contributed by atoms with Crippen molar-refractivity contribution in [3.05, 3.63) is 18.2 Å². The summed E-state index contributed by atoms with van der Waals surface area (Å²) in [6.07, 6.45) is 3.89. The summed E-state index contributed by atoms with van der Waals surface area (Å²) < 4.78 is 0. The van der Waals surface area contributed by atoms with Crippen LogP contribution in [0.5, 0.6) is 0 Å². The monoisotopic (exact) mass is 207 g/mol. The molecule has 4 heteroatoms. The van der Waals surface area contributed by atoms with Gasteiger partial charge in [0.25, 0.3) is 0 Å². The molecule has 0 saturated heterocycles. The summed E-state index contributed by atoms with van der Waals surface area (Å²) in [6, 6.07) is 5.60. The van der Waals surface area contributed by atoms with Crippen molar-refractivity contribution in [2.75, 3.05) is 11.1 Å². The van der Waals surface area contributed by atoms with Gasteiger partial charge in [0.15, 0.2) is 0 Å². The lowest BCUT2D eigenvalue weighted by molar-refractivity contribution is 0.116. The Kier molecular flexibility index (Phi) is 3.06. The third-order valence-corrected chi connectivity index (χ3v) is 2.83. The van der Waals surface area contributed by atoms with Crippen LogP contribution in [0.2, 0.25) is 0 Å². The minimum Gasteiger partial charge on any atom is -0.391 e. The standard InChI is InChI=1S/C11H17N3O/c12-10-6-3-7-11(14-10)13-8-4-1-2-5-9(8)15/h3,6-9,15H,1-2,4-5H2,(H3,12,13,14). The van der Waals surface area contributed by atoms with Crippen LogP contribution in [0.15, 0.2) is 18.2 Å². The molecule has 1 heterocycles. The first-order valence-corrected chi connectivity index (χ1v) is 5.43. The fraction of sp³-hybridized carbons (Fsp3) is 0.545. The van der Waals surface area contributed by atoms with Gasteiger partial charge in [0.1, 0.15) is 11.6 Å². The number of nitrogens with one attached hydrogen (secondary N) is 1. The van der Waals surface area contributed by atoms with E-state index in [1.807, 2.05) is 12.1 Å². The highest BCUT2D eigenvalue weighted by Crippen LogP contribution is 2.21. The molecular weight excluding hydrogens is 190 g/mol. The van der Waals surface area contributed by atoms with Crippen molar-refractivity contribution in [2.24, 2.45) is 0 Å². The average molecular weight is 207 g/mol. The third kappa shape index (κ3) is 2.59. The molecule has 0 spiro atoms. The van der Waals surface area contributed by atoms with Gasteiger partial charge in [-0.25, -0.2) is 4.98 Å². The Morgan fingerprint density at radius 3 is 2.87 bits per heavy atom. The molecule has 4 nitrogen and oxygen atoms in total. The summed E-state index contributed by atoms with van der Waals surface area (Å²) in [5.74, 6) is 1.26. The zero-order chi connectivity index (χ0) is 10.7. The second-order valence-electron chi connectivity index (χ2n) is 4.05. The van der Waals surface area contributed by atoms with Crippen LogP contribution in [-0.4, -0.2) is 22.2 Å². The van der Waals surface area contributed by atoms with Crippen molar-refractivity contribution in [1.82, 2.24) is 4.98 Å². The predicted octanol–water partition coefficient (Wildman–Crippen LogP) is 1.38. The van der Waals surface area contributed by atoms with Gasteiger partial charge in [0, 0.05) is 0 Å². The van der Waals surface area contributed by atoms with E-state index in [4.69, 9.17) is 5.73 Å². The van der Waals surface area contributed by atoms with Crippen molar-refractivity contribution in [3.8, 4) is 0 Å². The van der Waals surface area contributed by atoms with Gasteiger partial charge in [-0.3, -0.25) is 0 Å². The van der Waals surface area contributed by atoms with Crippen LogP contribution in [0.4, 0.5) is 11.6 Å². The van der Waals surface area contributed by atoms with E-state index in [0.29, 0.717) is 5.82 Å². The quantitative estimate of drug-likeness (QED) is 0.685. The number of aliphatic hydroxyl groups is 1. The number of nitrogens with two attached hydrogens (primary N) is 1. The molecule has 0 radical (unpaired) electrons. The summed E-state index contributed by atoms with van der Waals surface area (Å²) in [4.78, 5) is 4.16. The summed E-state index contributed by atoms with van der Waals surface area (Å²) in [5, 5.41) is 13.0. The third-order valence-electron chi connectivity index (χ3n) is 2.83. The zero-order valence-electron chi connectivity index (χ0n) is 8.69. The number of aliphatic hydroxyl groups excluding tert-OH is 1. The first-order valence-electron chi connectivity index (χ1n) is 5.43. The van der Waals surface area contributed by atoms with Crippen molar-refractivity contribution >= 4 is 11.6 Å². The van der Waals surface area contributed by atoms with Crippen LogP contribution in [0.3, 0.4) is 0 Å². The maximum atomic E-state index is 9.78. The lowest BCUT2D eigenvalue weighted by atomic mass is 9.92. The number of pyridine rings is 1. The predicted molar refractivity (Wildman–Crippen MR) is 60.5 cm³/mol. The van der Waals surface area contributed by atoms with Gasteiger partial charge >= 0.3 is 0 Å². The van der Waals surface area contributed by atoms with E-state index in [2.05, 4.69) is 10.3 Å². The van der Waals surface area contributed by atoms with Crippen molar-refractivity contribution in [3.63, 3.8) is 0 Å². The minimum atomic E-state index is -0.262. The second kappa shape index (κ2) is 4.49. The minimum absolute atomic E-state index is 0.119. The Morgan fingerprint density at radius 2 is 2.13 bits per heavy atom. The van der Waals surface area contributed by atoms with E-state index >= 15 is 0 Å². The molecular formula is C11H17N3O. The fourth-order valence-electron chi connectivity index (χ4n) is 2.00. The topological polar surface area (TPSA) is 71.2 Å². The highest BCUT2D eigenvalue weighted by atomic mass is 16.3. The molecule has 2 atom stereocenters. The molecule has 0 amide bonds. The van der Waals surface area contributed by atoms with Gasteiger partial charge in [-0.15, -0.1) is 0 Å². The van der Waals surface area contributed by atoms with Gasteiger partial charge in [-0.1, -0.05) is 18.9 Å². The molecule has 1 aromatic rings. The van der Waals surface area contributed by atoms with Gasteiger partial charge in [0.2, 0.25) is 0 Å². The van der Waals surface area contributed by atoms with Gasteiger partial charge in [-0.05, 0) is 25.0 Å². The molecule has 1 fully saturated rings. The van der Waals surface area contributed by atoms with E-state index in [9.17, 15) is 5.11 Å². The SMILES string of the molecule is Nc1cccc(NC2CCCCC2O)n1. The molecule has 1 aromatic heterocycles. The maximum Gasteiger partial charge on any atom is 0.128 e. The lowest BCUT2D eigenvalue weighted by Crippen LogP contribution is -2.36. The van der Waals surface area contributed by atoms with Gasteiger partial charge < -0.3 is 16.2 Å². The normalized spacial score (nSPS) is 26.2. The van der Waals surface area contributed by atoms with Crippen LogP contribution in [0, 0.1) is 0 Å². The highest BCUT2D eigenvalue weighted by molar-refractivity contribution is 5.43. The molecule has 1 aliphatic rings. The number of hydrogen-bond donors (Lipinski definition) is 3. The number of aromatic nitrogens is 1. The van der Waals surface area contributed by atoms with Crippen LogP contribution in [-0.2, 0) is 0 Å². The number of anilines is 2. The van der Waals surface area contributed by atoms with E-state index in [1.54, 1.807) is 6.07 Å². The lowest BCUT2D eigenvalue weighted by Gasteiger charge is -2.28. The molecule has 2 unspecified atom stereocenters. The molecule has 0 aromatic carbocycles. The number of nitrogens with zero attached hydrogens (tertiary/aromatic N) is 1. The first kappa shape index (κ1) is 10.2. The van der Waals surface area contributed by atoms with Crippen molar-refractivity contribution in [1.29, 1.82) is 0 Å². The summed E-state index contributed by atoms with van der Waals surface area (Å²) >= 11 is 0. The summed E-state index contributed by atoms with van der Waals surface area (Å²) in [7, 11) is 0. The number of nitrogen functional groups attached to an aromatic ring is 1. The molecule has 0 aliphatic heterocycles. The van der Waals surface area contributed by atoms with Crippen LogP contribution in [0.1, 0.15) is 25.7 Å². The largest absolute Gasteiger partial charge is 0.391 e. The Balaban J connectivity index is 2.01. The first-order chi connectivity index (χ1) is 7.25. The van der Waals surface area contributed by atoms with Crippen LogP contribution >= 0.6 is 0 Å². The Morgan fingerprint density at radius 1 is 1.33 bits per heavy atom. The molecule has 1 saturated carbocycles. The molecule has 1 aliphatic carbocycles. The number of rotatable bonds is 2. The Bertz CT molecular complexity index is 329. The maximum absolute atomic E-state index is 9.78. The molecule has 2 rings (SSSR count). The zero-order valence-corrected chi connectivity index (χ0v) is 8.69. The Hall–Kier alpha value is -1.29. The number of hydrogen-bond acceptors (Lipinski definition) is 4. The van der Waals surface area contributed by atoms with Crippen molar-refractivity contribution < 1.29 is 5.11 Å². The summed E-state index contributed by atoms with van der Waals surface area (Å²) in [5.41, 5.74) is 5.58. The van der Waals surface area contributed by atoms with Crippen molar-refractivity contribution in [2.45, 2.75) is 37.8 Å². The second-order valence-corrected chi connectivity index (χ2v) is 4.05. The molecule has 15 heavy (non-hydrogen) atoms. The average Bonchev–Trinajstić information content (AvgIpc) is 2.22. The Labute approximate surface area is 89.5 Å². The van der Waals surface area contributed by atoms with E-state index in [-0.39, 0.29) is 12.1 Å². The van der Waals surface area contributed by atoms with Gasteiger partial charge in [0.05, 0.1) is 12.1 Å². The summed E-state index contributed by atoms with van der Waals surface area (Å²) in [6.45, 7) is 0. The van der Waals surface area contributed by atoms with Crippen LogP contribution < -0.4 is 11.1 Å². The fourth-order valence-corrected chi connectivity index (χ4v) is 2.00. The molecule has 0 bridgehead atoms. The highest BCUT2D eigenvalue weighted by Gasteiger charge is 2.22. The van der Waals surface area contributed by atoms with Crippen LogP contribution in [0.25, 0.3) is 0 Å². The molecule has 82 valence electrons. The van der Waals surface area contributed by atoms with E-state index < -0.39 is 0 Å².